The molecule has 9 heteroatoms. The summed E-state index contributed by atoms with van der Waals surface area (Å²) in [4.78, 5) is 30.5. The summed E-state index contributed by atoms with van der Waals surface area (Å²) in [6.45, 7) is 3.57. The van der Waals surface area contributed by atoms with Crippen LogP contribution in [0.25, 0.3) is 10.9 Å². The number of hydrogen-bond acceptors (Lipinski definition) is 7. The first kappa shape index (κ1) is 24.2. The molecule has 194 valence electrons. The highest BCUT2D eigenvalue weighted by Crippen LogP contribution is 2.33. The molecule has 3 fully saturated rings. The Morgan fingerprint density at radius 1 is 0.946 bits per heavy atom. The Balaban J connectivity index is 1.10. The van der Waals surface area contributed by atoms with E-state index in [9.17, 15) is 4.79 Å². The Morgan fingerprint density at radius 3 is 2.49 bits per heavy atom. The first-order chi connectivity index (χ1) is 18.1. The van der Waals surface area contributed by atoms with Crippen LogP contribution in [0, 0.1) is 5.92 Å². The van der Waals surface area contributed by atoms with Crippen molar-refractivity contribution < 1.29 is 9.53 Å². The molecule has 3 aliphatic rings. The van der Waals surface area contributed by atoms with E-state index < -0.39 is 0 Å². The number of rotatable bonds is 6. The molecule has 8 nitrogen and oxygen atoms in total. The molecule has 1 aliphatic carbocycles. The number of carbonyl (C=O) groups excluding carboxylic acids is 1. The van der Waals surface area contributed by atoms with Crippen LogP contribution in [0.4, 0.5) is 17.3 Å². The van der Waals surface area contributed by atoms with Crippen LogP contribution in [-0.2, 0) is 4.79 Å². The molecule has 1 N–H and O–H groups in total. The summed E-state index contributed by atoms with van der Waals surface area (Å²) < 4.78 is 6.25. The second-order valence-corrected chi connectivity index (χ2v) is 10.8. The summed E-state index contributed by atoms with van der Waals surface area (Å²) in [6.07, 6.45) is 11.9. The van der Waals surface area contributed by atoms with Crippen molar-refractivity contribution in [1.82, 2.24) is 19.9 Å². The Morgan fingerprint density at radius 2 is 1.73 bits per heavy atom. The van der Waals surface area contributed by atoms with E-state index in [1.165, 1.54) is 25.7 Å². The molecule has 2 aromatic heterocycles. The van der Waals surface area contributed by atoms with E-state index in [0.29, 0.717) is 16.7 Å². The summed E-state index contributed by atoms with van der Waals surface area (Å²) in [7, 11) is 0. The highest BCUT2D eigenvalue weighted by Gasteiger charge is 2.30. The lowest BCUT2D eigenvalue weighted by Gasteiger charge is -2.33. The van der Waals surface area contributed by atoms with Crippen molar-refractivity contribution in [2.24, 2.45) is 5.92 Å². The van der Waals surface area contributed by atoms with Crippen LogP contribution in [0.2, 0.25) is 5.02 Å². The Labute approximate surface area is 222 Å². The van der Waals surface area contributed by atoms with Gasteiger partial charge in [-0.15, -0.1) is 0 Å². The molecule has 6 rings (SSSR count). The maximum absolute atomic E-state index is 12.7. The van der Waals surface area contributed by atoms with E-state index in [1.54, 1.807) is 6.33 Å². The maximum atomic E-state index is 12.7. The number of carbonyl (C=O) groups is 1. The number of anilines is 3. The van der Waals surface area contributed by atoms with Gasteiger partial charge in [0.05, 0.1) is 16.7 Å². The van der Waals surface area contributed by atoms with E-state index in [4.69, 9.17) is 16.3 Å². The van der Waals surface area contributed by atoms with Gasteiger partial charge in [0.15, 0.2) is 0 Å². The van der Waals surface area contributed by atoms with E-state index in [2.05, 4.69) is 31.2 Å². The SMILES string of the molecule is O=C(C1CCCC1)N1CCC(Oc2ccc(Nc3ncnc4cnc(N5CCCC5)cc34)cc2Cl)CC1. The molecule has 0 radical (unpaired) electrons. The summed E-state index contributed by atoms with van der Waals surface area (Å²) in [5, 5.41) is 4.87. The van der Waals surface area contributed by atoms with Crippen molar-refractivity contribution in [2.75, 3.05) is 36.4 Å². The standard InChI is InChI=1S/C28H33ClN6O2/c29-23-15-20(33-27-22-16-26(34-11-3-4-12-34)30-17-24(22)31-18-32-27)7-8-25(23)37-21-9-13-35(14-10-21)28(36)19-5-1-2-6-19/h7-8,15-19,21H,1-6,9-14H2,(H,31,32,33). The Bertz CT molecular complexity index is 1270. The predicted molar refractivity (Wildman–Crippen MR) is 146 cm³/mol. The van der Waals surface area contributed by atoms with Gasteiger partial charge in [-0.25, -0.2) is 15.0 Å². The fourth-order valence-electron chi connectivity index (χ4n) is 5.78. The molecular weight excluding hydrogens is 488 g/mol. The van der Waals surface area contributed by atoms with Gasteiger partial charge in [0, 0.05) is 56.0 Å². The van der Waals surface area contributed by atoms with Crippen molar-refractivity contribution in [1.29, 1.82) is 0 Å². The zero-order valence-corrected chi connectivity index (χ0v) is 21.8. The lowest BCUT2D eigenvalue weighted by atomic mass is 10.0. The number of nitrogens with zero attached hydrogens (tertiary/aromatic N) is 5. The summed E-state index contributed by atoms with van der Waals surface area (Å²) in [6, 6.07) is 7.79. The van der Waals surface area contributed by atoms with Crippen LogP contribution >= 0.6 is 11.6 Å². The van der Waals surface area contributed by atoms with Crippen molar-refractivity contribution in [3.63, 3.8) is 0 Å². The molecule has 0 unspecified atom stereocenters. The molecule has 37 heavy (non-hydrogen) atoms. The number of ether oxygens (including phenoxy) is 1. The quantitative estimate of drug-likeness (QED) is 0.454. The second-order valence-electron chi connectivity index (χ2n) is 10.4. The summed E-state index contributed by atoms with van der Waals surface area (Å²) in [5.74, 6) is 2.92. The van der Waals surface area contributed by atoms with Gasteiger partial charge in [-0.05, 0) is 49.9 Å². The first-order valence-electron chi connectivity index (χ1n) is 13.5. The Kier molecular flexibility index (Phi) is 7.00. The minimum absolute atomic E-state index is 0.0613. The number of piperidine rings is 1. The third kappa shape index (κ3) is 5.30. The molecule has 2 saturated heterocycles. The lowest BCUT2D eigenvalue weighted by Crippen LogP contribution is -2.44. The van der Waals surface area contributed by atoms with Crippen LogP contribution in [0.5, 0.6) is 5.75 Å². The molecule has 1 amide bonds. The van der Waals surface area contributed by atoms with Gasteiger partial charge in [-0.2, -0.15) is 0 Å². The third-order valence-corrected chi connectivity index (χ3v) is 8.18. The van der Waals surface area contributed by atoms with Gasteiger partial charge in [0.25, 0.3) is 0 Å². The molecule has 1 aromatic carbocycles. The average molecular weight is 521 g/mol. The molecule has 0 atom stereocenters. The third-order valence-electron chi connectivity index (χ3n) is 7.88. The first-order valence-corrected chi connectivity index (χ1v) is 13.9. The number of likely N-dealkylation sites (tertiary alicyclic amines) is 1. The van der Waals surface area contributed by atoms with Crippen LogP contribution in [-0.4, -0.2) is 58.0 Å². The largest absolute Gasteiger partial charge is 0.489 e. The van der Waals surface area contributed by atoms with Crippen LogP contribution in [0.3, 0.4) is 0 Å². The molecule has 1 saturated carbocycles. The normalized spacial score (nSPS) is 19.1. The number of aromatic nitrogens is 3. The zero-order valence-electron chi connectivity index (χ0n) is 21.0. The van der Waals surface area contributed by atoms with Gasteiger partial charge in [0.1, 0.15) is 29.8 Å². The molecule has 2 aliphatic heterocycles. The fourth-order valence-corrected chi connectivity index (χ4v) is 6.01. The topological polar surface area (TPSA) is 83.5 Å². The minimum Gasteiger partial charge on any atom is -0.489 e. The molecule has 4 heterocycles. The second kappa shape index (κ2) is 10.7. The summed E-state index contributed by atoms with van der Waals surface area (Å²) in [5.41, 5.74) is 1.62. The van der Waals surface area contributed by atoms with E-state index in [0.717, 1.165) is 80.1 Å². The number of amides is 1. The number of benzene rings is 1. The van der Waals surface area contributed by atoms with Crippen molar-refractivity contribution in [2.45, 2.75) is 57.5 Å². The molecule has 3 aromatic rings. The van der Waals surface area contributed by atoms with Gasteiger partial charge in [0.2, 0.25) is 5.91 Å². The lowest BCUT2D eigenvalue weighted by molar-refractivity contribution is -0.137. The smallest absolute Gasteiger partial charge is 0.225 e. The van der Waals surface area contributed by atoms with E-state index in [1.807, 2.05) is 29.3 Å². The number of halogens is 1. The average Bonchev–Trinajstić information content (AvgIpc) is 3.66. The van der Waals surface area contributed by atoms with Crippen LogP contribution in [0.1, 0.15) is 51.4 Å². The maximum Gasteiger partial charge on any atom is 0.225 e. The molecule has 0 bridgehead atoms. The summed E-state index contributed by atoms with van der Waals surface area (Å²) >= 11 is 6.63. The van der Waals surface area contributed by atoms with Crippen LogP contribution < -0.4 is 15.0 Å². The van der Waals surface area contributed by atoms with E-state index >= 15 is 0 Å². The zero-order chi connectivity index (χ0) is 25.2. The molecule has 0 spiro atoms. The highest BCUT2D eigenvalue weighted by molar-refractivity contribution is 6.32. The number of hydrogen-bond donors (Lipinski definition) is 1. The number of pyridine rings is 1. The predicted octanol–water partition coefficient (Wildman–Crippen LogP) is 5.58. The van der Waals surface area contributed by atoms with Gasteiger partial charge in [-0.1, -0.05) is 24.4 Å². The van der Waals surface area contributed by atoms with Gasteiger partial charge < -0.3 is 19.9 Å². The highest BCUT2D eigenvalue weighted by atomic mass is 35.5. The van der Waals surface area contributed by atoms with Crippen molar-refractivity contribution >= 4 is 45.7 Å². The van der Waals surface area contributed by atoms with Gasteiger partial charge in [-0.3, -0.25) is 4.79 Å². The van der Waals surface area contributed by atoms with Crippen molar-refractivity contribution in [3.8, 4) is 5.75 Å². The minimum atomic E-state index is 0.0613. The molecular formula is C28H33ClN6O2. The van der Waals surface area contributed by atoms with Crippen LogP contribution in [0.15, 0.2) is 36.8 Å². The van der Waals surface area contributed by atoms with E-state index in [-0.39, 0.29) is 12.0 Å². The number of nitrogens with one attached hydrogen (secondary N) is 1. The van der Waals surface area contributed by atoms with Gasteiger partial charge >= 0.3 is 0 Å². The van der Waals surface area contributed by atoms with Crippen molar-refractivity contribution in [3.05, 3.63) is 41.8 Å². The Hall–Kier alpha value is -3.13. The monoisotopic (exact) mass is 520 g/mol. The number of fused-ring (bicyclic) bond motifs is 1. The fraction of sp³-hybridized carbons (Fsp3) is 0.500.